The van der Waals surface area contributed by atoms with Crippen LogP contribution in [0.2, 0.25) is 0 Å². The maximum absolute atomic E-state index is 9.73. The van der Waals surface area contributed by atoms with Gasteiger partial charge in [0, 0.05) is 19.1 Å². The van der Waals surface area contributed by atoms with Crippen molar-refractivity contribution in [1.29, 1.82) is 0 Å². The van der Waals surface area contributed by atoms with Gasteiger partial charge in [-0.15, -0.1) is 0 Å². The molecule has 0 aromatic carbocycles. The first kappa shape index (κ1) is 13.9. The highest BCUT2D eigenvalue weighted by atomic mass is 16.3. The van der Waals surface area contributed by atoms with E-state index in [1.165, 1.54) is 19.4 Å². The van der Waals surface area contributed by atoms with Crippen LogP contribution in [0.1, 0.15) is 40.0 Å². The summed E-state index contributed by atoms with van der Waals surface area (Å²) < 4.78 is 0. The molecule has 0 spiro atoms. The molecule has 1 aliphatic rings. The zero-order valence-electron chi connectivity index (χ0n) is 11.3. The third-order valence-corrected chi connectivity index (χ3v) is 3.75. The zero-order chi connectivity index (χ0) is 12.2. The van der Waals surface area contributed by atoms with Gasteiger partial charge in [-0.25, -0.2) is 0 Å². The van der Waals surface area contributed by atoms with E-state index < -0.39 is 5.60 Å². The monoisotopic (exact) mass is 228 g/mol. The highest BCUT2D eigenvalue weighted by molar-refractivity contribution is 4.84. The summed E-state index contributed by atoms with van der Waals surface area (Å²) in [6, 6.07) is 0.684. The fourth-order valence-electron chi connectivity index (χ4n) is 2.54. The molecular weight excluding hydrogens is 200 g/mol. The van der Waals surface area contributed by atoms with Gasteiger partial charge in [0.15, 0.2) is 0 Å². The molecule has 1 fully saturated rings. The van der Waals surface area contributed by atoms with Crippen molar-refractivity contribution in [3.8, 4) is 0 Å². The third-order valence-electron chi connectivity index (χ3n) is 3.75. The molecule has 0 saturated carbocycles. The van der Waals surface area contributed by atoms with Gasteiger partial charge in [-0.2, -0.15) is 0 Å². The Balaban J connectivity index is 2.36. The first-order valence-corrected chi connectivity index (χ1v) is 6.58. The minimum atomic E-state index is -0.526. The Morgan fingerprint density at radius 3 is 2.62 bits per heavy atom. The fourth-order valence-corrected chi connectivity index (χ4v) is 2.54. The molecule has 16 heavy (non-hydrogen) atoms. The molecule has 2 atom stereocenters. The second-order valence-corrected chi connectivity index (χ2v) is 5.72. The predicted molar refractivity (Wildman–Crippen MR) is 68.6 cm³/mol. The molecule has 0 aromatic rings. The molecular formula is C13H28N2O. The number of nitrogens with one attached hydrogen (secondary N) is 1. The van der Waals surface area contributed by atoms with E-state index >= 15 is 0 Å². The molecule has 3 heteroatoms. The van der Waals surface area contributed by atoms with Gasteiger partial charge in [0.2, 0.25) is 0 Å². The van der Waals surface area contributed by atoms with Gasteiger partial charge < -0.3 is 15.3 Å². The van der Waals surface area contributed by atoms with E-state index in [9.17, 15) is 5.11 Å². The molecule has 1 rings (SSSR count). The van der Waals surface area contributed by atoms with Crippen LogP contribution in [0.5, 0.6) is 0 Å². The lowest BCUT2D eigenvalue weighted by Crippen LogP contribution is -2.48. The molecule has 0 aliphatic carbocycles. The van der Waals surface area contributed by atoms with Gasteiger partial charge in [0.25, 0.3) is 0 Å². The van der Waals surface area contributed by atoms with E-state index in [1.807, 2.05) is 13.8 Å². The minimum absolute atomic E-state index is 0.526. The van der Waals surface area contributed by atoms with E-state index in [0.29, 0.717) is 6.04 Å². The van der Waals surface area contributed by atoms with Crippen molar-refractivity contribution in [2.75, 3.05) is 26.7 Å². The molecule has 0 bridgehead atoms. The number of rotatable bonds is 5. The largest absolute Gasteiger partial charge is 0.390 e. The zero-order valence-corrected chi connectivity index (χ0v) is 11.3. The molecule has 0 amide bonds. The second kappa shape index (κ2) is 5.99. The Morgan fingerprint density at radius 1 is 1.44 bits per heavy atom. The summed E-state index contributed by atoms with van der Waals surface area (Å²) in [4.78, 5) is 2.50. The van der Waals surface area contributed by atoms with Crippen LogP contribution in [0.3, 0.4) is 0 Å². The van der Waals surface area contributed by atoms with Crippen LogP contribution in [0.15, 0.2) is 0 Å². The predicted octanol–water partition coefficient (Wildman–Crippen LogP) is 1.47. The summed E-state index contributed by atoms with van der Waals surface area (Å²) in [7, 11) is 2.07. The van der Waals surface area contributed by atoms with Gasteiger partial charge in [-0.3, -0.25) is 0 Å². The SMILES string of the molecule is CCC1CN(CCC(C)(C)O)CCC1NC. The van der Waals surface area contributed by atoms with Crippen LogP contribution >= 0.6 is 0 Å². The Bertz CT molecular complexity index is 201. The van der Waals surface area contributed by atoms with Gasteiger partial charge in [0.05, 0.1) is 5.60 Å². The number of likely N-dealkylation sites (tertiary alicyclic amines) is 1. The average Bonchev–Trinajstić information content (AvgIpc) is 2.25. The van der Waals surface area contributed by atoms with Crippen LogP contribution in [0, 0.1) is 5.92 Å². The summed E-state index contributed by atoms with van der Waals surface area (Å²) >= 11 is 0. The Labute approximate surface area is 100 Å². The second-order valence-electron chi connectivity index (χ2n) is 5.72. The van der Waals surface area contributed by atoms with Crippen molar-refractivity contribution >= 4 is 0 Å². The molecule has 1 heterocycles. The van der Waals surface area contributed by atoms with E-state index in [2.05, 4.69) is 24.2 Å². The van der Waals surface area contributed by atoms with Crippen LogP contribution in [0.25, 0.3) is 0 Å². The van der Waals surface area contributed by atoms with E-state index in [0.717, 1.165) is 25.4 Å². The van der Waals surface area contributed by atoms with Crippen molar-refractivity contribution in [2.45, 2.75) is 51.7 Å². The van der Waals surface area contributed by atoms with Gasteiger partial charge >= 0.3 is 0 Å². The smallest absolute Gasteiger partial charge is 0.0603 e. The number of aliphatic hydroxyl groups is 1. The van der Waals surface area contributed by atoms with Gasteiger partial charge in [0.1, 0.15) is 0 Å². The van der Waals surface area contributed by atoms with Crippen LogP contribution in [-0.2, 0) is 0 Å². The first-order chi connectivity index (χ1) is 7.46. The Morgan fingerprint density at radius 2 is 2.12 bits per heavy atom. The lowest BCUT2D eigenvalue weighted by molar-refractivity contribution is 0.0467. The standard InChI is InChI=1S/C13H28N2O/c1-5-11-10-15(8-6-12(11)14-4)9-7-13(2,3)16/h11-12,14,16H,5-10H2,1-4H3. The highest BCUT2D eigenvalue weighted by Gasteiger charge is 2.27. The van der Waals surface area contributed by atoms with E-state index in [4.69, 9.17) is 0 Å². The lowest BCUT2D eigenvalue weighted by Gasteiger charge is -2.39. The molecule has 2 unspecified atom stereocenters. The molecule has 1 saturated heterocycles. The molecule has 3 nitrogen and oxygen atoms in total. The Kier molecular flexibility index (Phi) is 5.22. The molecule has 2 N–H and O–H groups in total. The lowest BCUT2D eigenvalue weighted by atomic mass is 9.89. The van der Waals surface area contributed by atoms with Crippen LogP contribution < -0.4 is 5.32 Å². The van der Waals surface area contributed by atoms with E-state index in [1.54, 1.807) is 0 Å². The van der Waals surface area contributed by atoms with Crippen molar-refractivity contribution in [3.63, 3.8) is 0 Å². The quantitative estimate of drug-likeness (QED) is 0.748. The minimum Gasteiger partial charge on any atom is -0.390 e. The Hall–Kier alpha value is -0.120. The number of nitrogens with zero attached hydrogens (tertiary/aromatic N) is 1. The van der Waals surface area contributed by atoms with Crippen molar-refractivity contribution < 1.29 is 5.11 Å². The summed E-state index contributed by atoms with van der Waals surface area (Å²) in [6.07, 6.45) is 3.35. The highest BCUT2D eigenvalue weighted by Crippen LogP contribution is 2.21. The number of hydrogen-bond acceptors (Lipinski definition) is 3. The van der Waals surface area contributed by atoms with E-state index in [-0.39, 0.29) is 0 Å². The molecule has 0 aromatic heterocycles. The maximum atomic E-state index is 9.73. The average molecular weight is 228 g/mol. The van der Waals surface area contributed by atoms with Gasteiger partial charge in [-0.05, 0) is 46.2 Å². The number of piperidine rings is 1. The fraction of sp³-hybridized carbons (Fsp3) is 1.00. The maximum Gasteiger partial charge on any atom is 0.0603 e. The molecule has 0 radical (unpaired) electrons. The molecule has 96 valence electrons. The normalized spacial score (nSPS) is 28.3. The van der Waals surface area contributed by atoms with Crippen molar-refractivity contribution in [3.05, 3.63) is 0 Å². The molecule has 1 aliphatic heterocycles. The summed E-state index contributed by atoms with van der Waals surface area (Å²) in [5.74, 6) is 0.764. The van der Waals surface area contributed by atoms with Crippen LogP contribution in [0.4, 0.5) is 0 Å². The van der Waals surface area contributed by atoms with Crippen molar-refractivity contribution in [1.82, 2.24) is 10.2 Å². The van der Waals surface area contributed by atoms with Crippen molar-refractivity contribution in [2.24, 2.45) is 5.92 Å². The first-order valence-electron chi connectivity index (χ1n) is 6.58. The topological polar surface area (TPSA) is 35.5 Å². The van der Waals surface area contributed by atoms with Gasteiger partial charge in [-0.1, -0.05) is 13.3 Å². The number of hydrogen-bond donors (Lipinski definition) is 2. The summed E-state index contributed by atoms with van der Waals surface area (Å²) in [6.45, 7) is 9.43. The van der Waals surface area contributed by atoms with Crippen LogP contribution in [-0.4, -0.2) is 48.3 Å². The summed E-state index contributed by atoms with van der Waals surface area (Å²) in [5.41, 5.74) is -0.526. The summed E-state index contributed by atoms with van der Waals surface area (Å²) in [5, 5.41) is 13.2. The third kappa shape index (κ3) is 4.40.